The van der Waals surface area contributed by atoms with Crippen LogP contribution in [-0.2, 0) is 21.9 Å². The van der Waals surface area contributed by atoms with Gasteiger partial charge >= 0.3 is 17.1 Å². The van der Waals surface area contributed by atoms with Crippen molar-refractivity contribution in [1.29, 1.82) is 0 Å². The molecule has 0 heterocycles. The van der Waals surface area contributed by atoms with Crippen molar-refractivity contribution in [3.05, 3.63) is 0 Å². The van der Waals surface area contributed by atoms with Gasteiger partial charge in [0.15, 0.2) is 0 Å². The first-order valence-corrected chi connectivity index (χ1v) is 1.08. The molecule has 0 atom stereocenters. The summed E-state index contributed by atoms with van der Waals surface area (Å²) in [6, 6.07) is 0. The van der Waals surface area contributed by atoms with E-state index < -0.39 is 12.6 Å². The van der Waals surface area contributed by atoms with Gasteiger partial charge in [0.05, 0.1) is 12.6 Å². The molecule has 1 N–H and O–H groups in total. The number of rotatable bonds is 1. The van der Waals surface area contributed by atoms with Crippen LogP contribution in [0.4, 0.5) is 0 Å². The van der Waals surface area contributed by atoms with Crippen LogP contribution in [-0.4, -0.2) is 17.7 Å². The molecule has 0 aliphatic rings. The van der Waals surface area contributed by atoms with Gasteiger partial charge in [-0.3, -0.25) is 0 Å². The molecule has 0 radical (unpaired) electrons. The van der Waals surface area contributed by atoms with Crippen LogP contribution >= 0.6 is 0 Å². The summed E-state index contributed by atoms with van der Waals surface area (Å²) in [7, 11) is 0. The first-order chi connectivity index (χ1) is 2.27. The van der Waals surface area contributed by atoms with E-state index >= 15 is 0 Å². The summed E-state index contributed by atoms with van der Waals surface area (Å²) < 4.78 is 0. The second kappa shape index (κ2) is 4.95. The van der Waals surface area contributed by atoms with Crippen molar-refractivity contribution in [3.8, 4) is 0 Å². The Morgan fingerprint density at radius 3 is 2.00 bits per heavy atom. The third-order valence-electron chi connectivity index (χ3n) is 0.129. The van der Waals surface area contributed by atoms with Gasteiger partial charge in [-0.2, -0.15) is 0 Å². The molecule has 6 heavy (non-hydrogen) atoms. The topological polar surface area (TPSA) is 60.4 Å². The van der Waals surface area contributed by atoms with Crippen molar-refractivity contribution in [2.75, 3.05) is 6.61 Å². The Balaban J connectivity index is 0. The second-order valence-corrected chi connectivity index (χ2v) is 0.530. The van der Waals surface area contributed by atoms with Gasteiger partial charge in [0, 0.05) is 0 Å². The number of carboxylic acids is 1. The minimum Gasteiger partial charge on any atom is -0.548 e. The standard InChI is InChI=1S/C2H4O3.Cu/c3-1-2(4)5;/h3H,1H2,(H,4,5);/q;+1/p-1. The smallest absolute Gasteiger partial charge is 0.548 e. The fourth-order valence-corrected chi connectivity index (χ4v) is 0. The summed E-state index contributed by atoms with van der Waals surface area (Å²) in [5, 5.41) is 16.5. The fraction of sp³-hybridized carbons (Fsp3) is 0.500. The average Bonchev–Trinajstić information content (AvgIpc) is 1.38. The predicted molar refractivity (Wildman–Crippen MR) is 12.1 cm³/mol. The van der Waals surface area contributed by atoms with Gasteiger partial charge in [-0.15, -0.1) is 0 Å². The molecule has 0 bridgehead atoms. The minimum atomic E-state index is -1.44. The van der Waals surface area contributed by atoms with E-state index in [-0.39, 0.29) is 17.1 Å². The van der Waals surface area contributed by atoms with Crippen molar-refractivity contribution in [2.24, 2.45) is 0 Å². The Labute approximate surface area is 45.4 Å². The Kier molecular flexibility index (Phi) is 7.71. The molecule has 0 aromatic carbocycles. The maximum atomic E-state index is 9.01. The molecular formula is C2H3CuO3. The van der Waals surface area contributed by atoms with E-state index in [0.29, 0.717) is 0 Å². The maximum Gasteiger partial charge on any atom is 1.00 e. The van der Waals surface area contributed by atoms with Crippen molar-refractivity contribution >= 4 is 5.97 Å². The van der Waals surface area contributed by atoms with E-state index in [1.165, 1.54) is 0 Å². The number of carbonyl (C=O) groups is 1. The summed E-state index contributed by atoms with van der Waals surface area (Å²) in [6.07, 6.45) is 0. The molecule has 40 valence electrons. The van der Waals surface area contributed by atoms with Gasteiger partial charge in [-0.1, -0.05) is 0 Å². The second-order valence-electron chi connectivity index (χ2n) is 0.530. The van der Waals surface area contributed by atoms with Gasteiger partial charge in [-0.25, -0.2) is 0 Å². The number of hydrogen-bond donors (Lipinski definition) is 1. The van der Waals surface area contributed by atoms with E-state index in [4.69, 9.17) is 15.0 Å². The number of aliphatic hydroxyl groups excluding tert-OH is 1. The van der Waals surface area contributed by atoms with E-state index in [2.05, 4.69) is 0 Å². The molecule has 3 nitrogen and oxygen atoms in total. The summed E-state index contributed by atoms with van der Waals surface area (Å²) in [6.45, 7) is -0.889. The van der Waals surface area contributed by atoms with Gasteiger partial charge < -0.3 is 15.0 Å². The largest absolute Gasteiger partial charge is 1.00 e. The zero-order valence-corrected chi connectivity index (χ0v) is 3.71. The number of hydrogen-bond acceptors (Lipinski definition) is 3. The predicted octanol–water partition coefficient (Wildman–Crippen LogP) is -2.27. The van der Waals surface area contributed by atoms with Crippen LogP contribution < -0.4 is 5.11 Å². The summed E-state index contributed by atoms with van der Waals surface area (Å²) in [5.74, 6) is -1.44. The zero-order chi connectivity index (χ0) is 4.28. The third kappa shape index (κ3) is 9.04. The molecule has 0 fully saturated rings. The molecule has 0 saturated heterocycles. The van der Waals surface area contributed by atoms with Gasteiger partial charge in [0.2, 0.25) is 0 Å². The number of aliphatic hydroxyl groups is 1. The molecule has 0 aliphatic carbocycles. The quantitative estimate of drug-likeness (QED) is 0.416. The Morgan fingerprint density at radius 2 is 2.00 bits per heavy atom. The average molecular weight is 139 g/mol. The van der Waals surface area contributed by atoms with Crippen LogP contribution in [0.15, 0.2) is 0 Å². The molecule has 0 rings (SSSR count). The molecular weight excluding hydrogens is 136 g/mol. The Hall–Kier alpha value is -0.0505. The van der Waals surface area contributed by atoms with Crippen molar-refractivity contribution in [1.82, 2.24) is 0 Å². The monoisotopic (exact) mass is 138 g/mol. The number of carbonyl (C=O) groups excluding carboxylic acids is 1. The molecule has 0 aliphatic heterocycles. The maximum absolute atomic E-state index is 9.01. The van der Waals surface area contributed by atoms with E-state index in [0.717, 1.165) is 0 Å². The van der Waals surface area contributed by atoms with Crippen LogP contribution in [0.25, 0.3) is 0 Å². The summed E-state index contributed by atoms with van der Waals surface area (Å²) >= 11 is 0. The molecule has 0 saturated carbocycles. The van der Waals surface area contributed by atoms with Crippen LogP contribution in [0, 0.1) is 0 Å². The fourth-order valence-electron chi connectivity index (χ4n) is 0. The van der Waals surface area contributed by atoms with Crippen molar-refractivity contribution in [2.45, 2.75) is 0 Å². The van der Waals surface area contributed by atoms with E-state index in [1.54, 1.807) is 0 Å². The van der Waals surface area contributed by atoms with Crippen molar-refractivity contribution in [3.63, 3.8) is 0 Å². The zero-order valence-electron chi connectivity index (χ0n) is 2.77. The molecule has 0 amide bonds. The van der Waals surface area contributed by atoms with Crippen LogP contribution in [0.2, 0.25) is 0 Å². The Morgan fingerprint density at radius 1 is 1.83 bits per heavy atom. The minimum absolute atomic E-state index is 0. The van der Waals surface area contributed by atoms with E-state index in [1.807, 2.05) is 0 Å². The van der Waals surface area contributed by atoms with Gasteiger partial charge in [0.25, 0.3) is 0 Å². The van der Waals surface area contributed by atoms with E-state index in [9.17, 15) is 0 Å². The molecule has 4 heteroatoms. The van der Waals surface area contributed by atoms with Crippen molar-refractivity contribution < 1.29 is 32.1 Å². The molecule has 0 unspecified atom stereocenters. The SMILES string of the molecule is O=C([O-])CO.[Cu+]. The third-order valence-corrected chi connectivity index (χ3v) is 0.129. The first-order valence-electron chi connectivity index (χ1n) is 1.08. The first kappa shape index (κ1) is 9.34. The normalized spacial score (nSPS) is 6.17. The Bertz CT molecular complexity index is 44.1. The summed E-state index contributed by atoms with van der Waals surface area (Å²) in [4.78, 5) is 9.01. The molecule has 0 aromatic rings. The summed E-state index contributed by atoms with van der Waals surface area (Å²) in [5.41, 5.74) is 0. The van der Waals surface area contributed by atoms with Gasteiger partial charge in [0.1, 0.15) is 0 Å². The number of aliphatic carboxylic acids is 1. The van der Waals surface area contributed by atoms with Gasteiger partial charge in [-0.05, 0) is 0 Å². The molecule has 0 aromatic heterocycles. The number of carboxylic acid groups (broad SMARTS) is 1. The van der Waals surface area contributed by atoms with Crippen LogP contribution in [0.5, 0.6) is 0 Å². The van der Waals surface area contributed by atoms with Crippen LogP contribution in [0.1, 0.15) is 0 Å². The van der Waals surface area contributed by atoms with Crippen LogP contribution in [0.3, 0.4) is 0 Å². The molecule has 0 spiro atoms.